The Bertz CT molecular complexity index is 339. The van der Waals surface area contributed by atoms with Gasteiger partial charge in [0, 0.05) is 6.54 Å². The summed E-state index contributed by atoms with van der Waals surface area (Å²) in [5.74, 6) is 0. The minimum absolute atomic E-state index is 0.141. The van der Waals surface area contributed by atoms with E-state index in [1.165, 1.54) is 0 Å². The van der Waals surface area contributed by atoms with Crippen LogP contribution in [0.25, 0.3) is 0 Å². The number of likely N-dealkylation sites (tertiary alicyclic amines) is 1. The van der Waals surface area contributed by atoms with E-state index in [9.17, 15) is 9.59 Å². The van der Waals surface area contributed by atoms with Crippen LogP contribution in [-0.4, -0.2) is 47.0 Å². The molecule has 102 valence electrons. The van der Waals surface area contributed by atoms with Crippen LogP contribution in [0.1, 0.15) is 33.6 Å². The zero-order valence-electron chi connectivity index (χ0n) is 11.1. The highest BCUT2D eigenvalue weighted by molar-refractivity contribution is 7.80. The first kappa shape index (κ1) is 14.9. The number of alkyl carbamates (subject to hydrolysis) is 1. The summed E-state index contributed by atoms with van der Waals surface area (Å²) in [5.41, 5.74) is -0.523. The first-order chi connectivity index (χ1) is 8.33. The van der Waals surface area contributed by atoms with Gasteiger partial charge in [-0.25, -0.2) is 4.79 Å². The Kier molecular flexibility index (Phi) is 5.07. The number of carbonyl (C=O) groups is 2. The van der Waals surface area contributed by atoms with Gasteiger partial charge in [-0.05, 0) is 33.6 Å². The van der Waals surface area contributed by atoms with Crippen LogP contribution in [0, 0.1) is 0 Å². The highest BCUT2D eigenvalue weighted by Gasteiger charge is 2.26. The lowest BCUT2D eigenvalue weighted by atomic mass is 10.2. The molecule has 1 rings (SSSR count). The van der Waals surface area contributed by atoms with Gasteiger partial charge >= 0.3 is 6.09 Å². The summed E-state index contributed by atoms with van der Waals surface area (Å²) in [5, 5.41) is 2.60. The second-order valence-electron chi connectivity index (χ2n) is 5.29. The number of aldehydes is 1. The van der Waals surface area contributed by atoms with Gasteiger partial charge < -0.3 is 19.7 Å². The molecule has 18 heavy (non-hydrogen) atoms. The van der Waals surface area contributed by atoms with Gasteiger partial charge in [-0.3, -0.25) is 0 Å². The predicted octanol–water partition coefficient (Wildman–Crippen LogP) is 1.50. The highest BCUT2D eigenvalue weighted by atomic mass is 32.1. The second-order valence-corrected chi connectivity index (χ2v) is 5.76. The van der Waals surface area contributed by atoms with E-state index in [2.05, 4.69) is 5.32 Å². The van der Waals surface area contributed by atoms with Crippen LogP contribution in [0.5, 0.6) is 0 Å². The molecule has 0 unspecified atom stereocenters. The molecule has 1 saturated heterocycles. The van der Waals surface area contributed by atoms with E-state index in [1.807, 2.05) is 4.90 Å². The summed E-state index contributed by atoms with van der Waals surface area (Å²) in [7, 11) is 0. The number of nitrogens with zero attached hydrogens (tertiary/aromatic N) is 1. The third-order valence-corrected chi connectivity index (χ3v) is 2.94. The monoisotopic (exact) mass is 272 g/mol. The van der Waals surface area contributed by atoms with Gasteiger partial charge in [0.15, 0.2) is 0 Å². The van der Waals surface area contributed by atoms with E-state index in [-0.39, 0.29) is 12.6 Å². The summed E-state index contributed by atoms with van der Waals surface area (Å²) in [4.78, 5) is 24.7. The van der Waals surface area contributed by atoms with Gasteiger partial charge in [-0.1, -0.05) is 12.2 Å². The van der Waals surface area contributed by atoms with E-state index in [0.717, 1.165) is 25.7 Å². The lowest BCUT2D eigenvalue weighted by Crippen LogP contribution is -2.43. The minimum Gasteiger partial charge on any atom is -0.444 e. The number of thiocarbonyl (C=S) groups is 1. The normalized spacial score (nSPS) is 19.5. The van der Waals surface area contributed by atoms with E-state index in [4.69, 9.17) is 17.0 Å². The Labute approximate surface area is 113 Å². The third kappa shape index (κ3) is 4.60. The molecule has 1 aliphatic rings. The first-order valence-corrected chi connectivity index (χ1v) is 6.46. The molecular weight excluding hydrogens is 252 g/mol. The Balaban J connectivity index is 2.37. The lowest BCUT2D eigenvalue weighted by Gasteiger charge is -2.24. The van der Waals surface area contributed by atoms with Gasteiger partial charge in [-0.15, -0.1) is 0 Å². The quantitative estimate of drug-likeness (QED) is 0.623. The van der Waals surface area contributed by atoms with Crippen molar-refractivity contribution in [3.8, 4) is 0 Å². The SMILES string of the molecule is CC(C)(C)OC(=O)NCC(=S)N1CCC[C@H]1C=O. The Morgan fingerprint density at radius 3 is 2.78 bits per heavy atom. The van der Waals surface area contributed by atoms with Gasteiger partial charge in [-0.2, -0.15) is 0 Å². The van der Waals surface area contributed by atoms with Gasteiger partial charge in [0.1, 0.15) is 11.9 Å². The smallest absolute Gasteiger partial charge is 0.408 e. The van der Waals surface area contributed by atoms with Crippen molar-refractivity contribution in [3.63, 3.8) is 0 Å². The van der Waals surface area contributed by atoms with Crippen molar-refractivity contribution in [2.24, 2.45) is 0 Å². The summed E-state index contributed by atoms with van der Waals surface area (Å²) in [6, 6.07) is -0.141. The average Bonchev–Trinajstić information content (AvgIpc) is 2.71. The molecule has 1 atom stereocenters. The molecule has 0 aromatic heterocycles. The molecule has 1 fully saturated rings. The van der Waals surface area contributed by atoms with Crippen molar-refractivity contribution in [1.82, 2.24) is 10.2 Å². The van der Waals surface area contributed by atoms with E-state index in [1.54, 1.807) is 20.8 Å². The molecule has 0 radical (unpaired) electrons. The number of hydrogen-bond acceptors (Lipinski definition) is 4. The molecule has 0 aliphatic carbocycles. The van der Waals surface area contributed by atoms with Crippen molar-refractivity contribution >= 4 is 29.6 Å². The second kappa shape index (κ2) is 6.13. The maximum Gasteiger partial charge on any atom is 0.408 e. The van der Waals surface area contributed by atoms with Crippen molar-refractivity contribution in [2.75, 3.05) is 13.1 Å². The van der Waals surface area contributed by atoms with Gasteiger partial charge in [0.2, 0.25) is 0 Å². The molecule has 1 amide bonds. The molecule has 5 nitrogen and oxygen atoms in total. The molecule has 1 heterocycles. The number of hydrogen-bond donors (Lipinski definition) is 1. The number of carbonyl (C=O) groups excluding carboxylic acids is 2. The Morgan fingerprint density at radius 2 is 2.22 bits per heavy atom. The van der Waals surface area contributed by atoms with Crippen LogP contribution in [0.3, 0.4) is 0 Å². The molecule has 0 saturated carbocycles. The Morgan fingerprint density at radius 1 is 1.56 bits per heavy atom. The van der Waals surface area contributed by atoms with E-state index in [0.29, 0.717) is 4.99 Å². The van der Waals surface area contributed by atoms with Gasteiger partial charge in [0.05, 0.1) is 17.6 Å². The molecule has 0 aromatic rings. The topological polar surface area (TPSA) is 58.6 Å². The number of rotatable bonds is 3. The summed E-state index contributed by atoms with van der Waals surface area (Å²) in [6.45, 7) is 6.40. The molecule has 0 bridgehead atoms. The fourth-order valence-electron chi connectivity index (χ4n) is 1.81. The average molecular weight is 272 g/mol. The molecule has 0 spiro atoms. The van der Waals surface area contributed by atoms with E-state index >= 15 is 0 Å². The van der Waals surface area contributed by atoms with Crippen molar-refractivity contribution in [3.05, 3.63) is 0 Å². The van der Waals surface area contributed by atoms with Crippen LogP contribution in [-0.2, 0) is 9.53 Å². The maximum absolute atomic E-state index is 11.4. The molecule has 1 N–H and O–H groups in total. The highest BCUT2D eigenvalue weighted by Crippen LogP contribution is 2.15. The standard InChI is InChI=1S/C12H20N2O3S/c1-12(2,3)17-11(16)13-7-10(18)14-6-4-5-9(14)8-15/h8-9H,4-7H2,1-3H3,(H,13,16)/t9-/m0/s1. The third-order valence-electron chi connectivity index (χ3n) is 2.56. The number of amides is 1. The first-order valence-electron chi connectivity index (χ1n) is 6.05. The largest absolute Gasteiger partial charge is 0.444 e. The number of nitrogens with one attached hydrogen (secondary N) is 1. The molecular formula is C12H20N2O3S. The fourth-order valence-corrected chi connectivity index (χ4v) is 2.11. The molecule has 0 aromatic carbocycles. The predicted molar refractivity (Wildman–Crippen MR) is 72.6 cm³/mol. The number of ether oxygens (including phenoxy) is 1. The minimum atomic E-state index is -0.523. The Hall–Kier alpha value is -1.17. The fraction of sp³-hybridized carbons (Fsp3) is 0.750. The van der Waals surface area contributed by atoms with Crippen molar-refractivity contribution in [2.45, 2.75) is 45.3 Å². The van der Waals surface area contributed by atoms with Crippen LogP contribution < -0.4 is 5.32 Å². The zero-order valence-corrected chi connectivity index (χ0v) is 11.9. The molecule has 6 heteroatoms. The van der Waals surface area contributed by atoms with Crippen molar-refractivity contribution < 1.29 is 14.3 Å². The zero-order chi connectivity index (χ0) is 13.8. The summed E-state index contributed by atoms with van der Waals surface area (Å²) in [6.07, 6.45) is 2.20. The van der Waals surface area contributed by atoms with Crippen LogP contribution in [0.15, 0.2) is 0 Å². The molecule has 1 aliphatic heterocycles. The van der Waals surface area contributed by atoms with Gasteiger partial charge in [0.25, 0.3) is 0 Å². The maximum atomic E-state index is 11.4. The van der Waals surface area contributed by atoms with Crippen LogP contribution in [0.4, 0.5) is 4.79 Å². The van der Waals surface area contributed by atoms with Crippen LogP contribution in [0.2, 0.25) is 0 Å². The van der Waals surface area contributed by atoms with Crippen molar-refractivity contribution in [1.29, 1.82) is 0 Å². The summed E-state index contributed by atoms with van der Waals surface area (Å²) < 4.78 is 5.11. The lowest BCUT2D eigenvalue weighted by molar-refractivity contribution is -0.110. The summed E-state index contributed by atoms with van der Waals surface area (Å²) >= 11 is 5.21. The van der Waals surface area contributed by atoms with Crippen LogP contribution >= 0.6 is 12.2 Å². The van der Waals surface area contributed by atoms with E-state index < -0.39 is 11.7 Å².